The van der Waals surface area contributed by atoms with Crippen molar-refractivity contribution in [3.63, 3.8) is 0 Å². The lowest BCUT2D eigenvalue weighted by Gasteiger charge is -2.27. The molecule has 9 nitrogen and oxygen atoms in total. The lowest BCUT2D eigenvalue weighted by atomic mass is 10.1. The molecule has 1 atom stereocenters. The molecule has 0 bridgehead atoms. The Balaban J connectivity index is 1.76. The third-order valence-electron chi connectivity index (χ3n) is 6.02. The van der Waals surface area contributed by atoms with Gasteiger partial charge in [0.2, 0.25) is 0 Å². The first kappa shape index (κ1) is 30.4. The summed E-state index contributed by atoms with van der Waals surface area (Å²) in [6.45, 7) is 5.73. The molecule has 0 fully saturated rings. The van der Waals surface area contributed by atoms with Gasteiger partial charge in [-0.15, -0.1) is 0 Å². The quantitative estimate of drug-likeness (QED) is 0.258. The first-order valence-electron chi connectivity index (χ1n) is 12.9. The maximum Gasteiger partial charge on any atom is 0.265 e. The molecule has 3 aromatic carbocycles. The highest BCUT2D eigenvalue weighted by Crippen LogP contribution is 2.28. The number of rotatable bonds is 11. The molecule has 0 aliphatic carbocycles. The van der Waals surface area contributed by atoms with Gasteiger partial charge in [0, 0.05) is 29.6 Å². The summed E-state index contributed by atoms with van der Waals surface area (Å²) in [5.74, 6) is -0.277. The van der Waals surface area contributed by atoms with Crippen LogP contribution in [0, 0.1) is 11.3 Å². The summed E-state index contributed by atoms with van der Waals surface area (Å²) >= 11 is 0. The van der Waals surface area contributed by atoms with Crippen molar-refractivity contribution >= 4 is 33.4 Å². The van der Waals surface area contributed by atoms with Crippen LogP contribution in [0.1, 0.15) is 39.2 Å². The van der Waals surface area contributed by atoms with Crippen LogP contribution in [-0.4, -0.2) is 50.1 Å². The molecule has 3 aromatic rings. The summed E-state index contributed by atoms with van der Waals surface area (Å²) in [5, 5.41) is 22.8. The van der Waals surface area contributed by atoms with Crippen LogP contribution in [0.5, 0.6) is 5.75 Å². The smallest absolute Gasteiger partial charge is 0.265 e. The molecule has 0 aliphatic heterocycles. The molecule has 10 heteroatoms. The second-order valence-corrected chi connectivity index (χ2v) is 11.9. The van der Waals surface area contributed by atoms with Gasteiger partial charge in [0.05, 0.1) is 4.90 Å². The summed E-state index contributed by atoms with van der Waals surface area (Å²) in [7, 11) is -3.42. The Hall–Kier alpha value is -4.18. The number of carbonyl (C=O) groups is 2. The van der Waals surface area contributed by atoms with Gasteiger partial charge >= 0.3 is 0 Å². The SMILES string of the molecule is CCCC(Oc1cccc(C(=N)N(CC(C)C)C(=O)[O-])c1)C(=O)Nc1ccc(-c2ccccc2S(C)(=O)=O)cc1. The third-order valence-corrected chi connectivity index (χ3v) is 7.17. The Morgan fingerprint density at radius 2 is 1.70 bits per heavy atom. The minimum Gasteiger partial charge on any atom is -0.530 e. The lowest BCUT2D eigenvalue weighted by Crippen LogP contribution is -2.46. The molecule has 212 valence electrons. The molecular weight excluding hydrogens is 530 g/mol. The summed E-state index contributed by atoms with van der Waals surface area (Å²) in [6, 6.07) is 20.0. The van der Waals surface area contributed by atoms with E-state index in [2.05, 4.69) is 5.32 Å². The van der Waals surface area contributed by atoms with Gasteiger partial charge in [0.15, 0.2) is 15.9 Å². The minimum atomic E-state index is -3.42. The van der Waals surface area contributed by atoms with E-state index in [1.165, 1.54) is 6.07 Å². The van der Waals surface area contributed by atoms with Crippen LogP contribution < -0.4 is 15.2 Å². The predicted octanol–water partition coefficient (Wildman–Crippen LogP) is 4.57. The Kier molecular flexibility index (Phi) is 10.1. The summed E-state index contributed by atoms with van der Waals surface area (Å²) < 4.78 is 30.3. The monoisotopic (exact) mass is 564 g/mol. The molecule has 40 heavy (non-hydrogen) atoms. The van der Waals surface area contributed by atoms with E-state index in [-0.39, 0.29) is 29.1 Å². The fraction of sp³-hybridized carbons (Fsp3) is 0.300. The third kappa shape index (κ3) is 7.92. The number of benzene rings is 3. The maximum absolute atomic E-state index is 13.1. The zero-order valence-electron chi connectivity index (χ0n) is 23.0. The van der Waals surface area contributed by atoms with Crippen molar-refractivity contribution in [2.75, 3.05) is 18.1 Å². The average Bonchev–Trinajstić information content (AvgIpc) is 2.91. The first-order chi connectivity index (χ1) is 18.9. The molecule has 2 amide bonds. The number of nitrogens with one attached hydrogen (secondary N) is 2. The fourth-order valence-electron chi connectivity index (χ4n) is 4.15. The van der Waals surface area contributed by atoms with Gasteiger partial charge in [0.1, 0.15) is 17.7 Å². The number of anilines is 1. The Morgan fingerprint density at radius 3 is 2.30 bits per heavy atom. The van der Waals surface area contributed by atoms with Gasteiger partial charge in [-0.05, 0) is 48.2 Å². The topological polar surface area (TPSA) is 140 Å². The van der Waals surface area contributed by atoms with Crippen molar-refractivity contribution in [1.82, 2.24) is 4.90 Å². The van der Waals surface area contributed by atoms with Crippen LogP contribution >= 0.6 is 0 Å². The zero-order valence-corrected chi connectivity index (χ0v) is 23.8. The Labute approximate surface area is 235 Å². The van der Waals surface area contributed by atoms with E-state index in [9.17, 15) is 23.1 Å². The number of amidine groups is 1. The van der Waals surface area contributed by atoms with Crippen molar-refractivity contribution in [2.45, 2.75) is 44.6 Å². The van der Waals surface area contributed by atoms with E-state index in [1.807, 2.05) is 20.8 Å². The summed E-state index contributed by atoms with van der Waals surface area (Å²) in [4.78, 5) is 25.8. The van der Waals surface area contributed by atoms with Gasteiger partial charge in [0.25, 0.3) is 5.91 Å². The van der Waals surface area contributed by atoms with Crippen molar-refractivity contribution < 1.29 is 27.9 Å². The predicted molar refractivity (Wildman–Crippen MR) is 153 cm³/mol. The van der Waals surface area contributed by atoms with Gasteiger partial charge in [-0.3, -0.25) is 10.2 Å². The zero-order chi connectivity index (χ0) is 29.4. The molecule has 0 radical (unpaired) electrons. The van der Waals surface area contributed by atoms with E-state index >= 15 is 0 Å². The molecule has 0 saturated carbocycles. The van der Waals surface area contributed by atoms with Crippen molar-refractivity contribution in [1.29, 1.82) is 5.41 Å². The number of hydrogen-bond donors (Lipinski definition) is 2. The number of carbonyl (C=O) groups excluding carboxylic acids is 2. The number of hydrogen-bond acceptors (Lipinski definition) is 7. The van der Waals surface area contributed by atoms with Gasteiger partial charge in [-0.1, -0.05) is 69.7 Å². The molecule has 0 spiro atoms. The largest absolute Gasteiger partial charge is 0.530 e. The normalized spacial score (nSPS) is 12.0. The Morgan fingerprint density at radius 1 is 1.02 bits per heavy atom. The van der Waals surface area contributed by atoms with Crippen molar-refractivity contribution in [3.8, 4) is 16.9 Å². The molecular formula is C30H34N3O6S-. The maximum atomic E-state index is 13.1. The van der Waals surface area contributed by atoms with Crippen molar-refractivity contribution in [2.24, 2.45) is 5.92 Å². The highest BCUT2D eigenvalue weighted by Gasteiger charge is 2.22. The van der Waals surface area contributed by atoms with E-state index in [1.54, 1.807) is 66.7 Å². The first-order valence-corrected chi connectivity index (χ1v) is 14.8. The second-order valence-electron chi connectivity index (χ2n) is 9.88. The number of sulfone groups is 1. The van der Waals surface area contributed by atoms with Crippen LogP contribution in [0.3, 0.4) is 0 Å². The van der Waals surface area contributed by atoms with Crippen molar-refractivity contribution in [3.05, 3.63) is 78.4 Å². The highest BCUT2D eigenvalue weighted by molar-refractivity contribution is 7.90. The molecule has 0 aromatic heterocycles. The second kappa shape index (κ2) is 13.3. The van der Waals surface area contributed by atoms with Crippen LogP contribution in [0.4, 0.5) is 10.5 Å². The molecule has 0 aliphatic rings. The number of ether oxygens (including phenoxy) is 1. The van der Waals surface area contributed by atoms with E-state index in [4.69, 9.17) is 10.1 Å². The van der Waals surface area contributed by atoms with E-state index in [0.29, 0.717) is 41.0 Å². The fourth-order valence-corrected chi connectivity index (χ4v) is 5.06. The lowest BCUT2D eigenvalue weighted by molar-refractivity contribution is -0.261. The average molecular weight is 565 g/mol. The number of amides is 2. The van der Waals surface area contributed by atoms with Crippen LogP contribution in [0.25, 0.3) is 11.1 Å². The van der Waals surface area contributed by atoms with Crippen LogP contribution in [-0.2, 0) is 14.6 Å². The summed E-state index contributed by atoms with van der Waals surface area (Å²) in [6.07, 6.45) is -0.0436. The van der Waals surface area contributed by atoms with Gasteiger partial charge < -0.3 is 24.9 Å². The molecule has 1 unspecified atom stereocenters. The number of carboxylic acid groups (broad SMARTS) is 1. The van der Waals surface area contributed by atoms with Gasteiger partial charge in [-0.25, -0.2) is 8.42 Å². The molecule has 2 N–H and O–H groups in total. The van der Waals surface area contributed by atoms with Gasteiger partial charge in [-0.2, -0.15) is 0 Å². The molecule has 0 heterocycles. The minimum absolute atomic E-state index is 0.00111. The molecule has 3 rings (SSSR count). The molecule has 0 saturated heterocycles. The van der Waals surface area contributed by atoms with Crippen LogP contribution in [0.2, 0.25) is 0 Å². The highest BCUT2D eigenvalue weighted by atomic mass is 32.2. The summed E-state index contributed by atoms with van der Waals surface area (Å²) in [5.41, 5.74) is 2.11. The van der Waals surface area contributed by atoms with E-state index < -0.39 is 22.0 Å². The standard InChI is InChI=1S/C30H35N3O6S/c1-5-9-26(39-24-11-8-10-22(18-24)28(31)33(30(35)36)19-20(2)3)29(34)32-23-16-14-21(15-17-23)25-12-6-7-13-27(25)40(4,37)38/h6-8,10-18,20,26,31H,5,9,19H2,1-4H3,(H,32,34)(H,35,36)/p-1. The number of nitrogens with zero attached hydrogens (tertiary/aromatic N) is 1. The van der Waals surface area contributed by atoms with Crippen LogP contribution in [0.15, 0.2) is 77.7 Å². The van der Waals surface area contributed by atoms with E-state index in [0.717, 1.165) is 11.2 Å². The Bertz CT molecular complexity index is 1470.